The molecule has 26 heavy (non-hydrogen) atoms. The van der Waals surface area contributed by atoms with Crippen molar-refractivity contribution in [2.24, 2.45) is 5.73 Å². The number of thiazole rings is 1. The monoisotopic (exact) mass is 438 g/mol. The molecule has 1 aromatic heterocycles. The molecule has 144 valence electrons. The lowest BCUT2D eigenvalue weighted by Gasteiger charge is -2.29. The lowest BCUT2D eigenvalue weighted by molar-refractivity contribution is 0.102. The fraction of sp³-hybridized carbons (Fsp3) is 0.333. The molecule has 1 aliphatic rings. The maximum Gasteiger partial charge on any atom is 0.275 e. The first-order valence-corrected chi connectivity index (χ1v) is 10.2. The first kappa shape index (κ1) is 22.7. The number of hydrogen-bond acceptors (Lipinski definition) is 7. The molecule has 1 aromatic carbocycles. The lowest BCUT2D eigenvalue weighted by atomic mass is 10.2. The zero-order chi connectivity index (χ0) is 17.2. The van der Waals surface area contributed by atoms with E-state index in [0.29, 0.717) is 36.0 Å². The van der Waals surface area contributed by atoms with E-state index in [4.69, 9.17) is 5.73 Å². The predicted molar refractivity (Wildman–Crippen MR) is 110 cm³/mol. The summed E-state index contributed by atoms with van der Waals surface area (Å²) in [4.78, 5) is 18.4. The van der Waals surface area contributed by atoms with Crippen LogP contribution in [0.3, 0.4) is 0 Å². The Hall–Kier alpha value is -1.39. The van der Waals surface area contributed by atoms with Crippen LogP contribution in [0.15, 0.2) is 29.6 Å². The van der Waals surface area contributed by atoms with Gasteiger partial charge in [0.1, 0.15) is 10.7 Å². The van der Waals surface area contributed by atoms with Gasteiger partial charge in [-0.3, -0.25) is 4.79 Å². The summed E-state index contributed by atoms with van der Waals surface area (Å²) in [6.07, 6.45) is 0. The van der Waals surface area contributed by atoms with E-state index >= 15 is 0 Å². The molecular weight excluding hydrogens is 419 g/mol. The molecule has 3 rings (SSSR count). The molecule has 2 heterocycles. The number of rotatable bonds is 4. The van der Waals surface area contributed by atoms with Gasteiger partial charge in [-0.25, -0.2) is 13.4 Å². The number of nitrogens with zero attached hydrogens (tertiary/aromatic N) is 2. The van der Waals surface area contributed by atoms with Crippen molar-refractivity contribution in [3.05, 3.63) is 40.3 Å². The number of carbonyl (C=O) groups excluding carboxylic acids is 1. The third-order valence-corrected chi connectivity index (χ3v) is 6.25. The van der Waals surface area contributed by atoms with Crippen LogP contribution >= 0.6 is 36.2 Å². The normalized spacial score (nSPS) is 15.5. The summed E-state index contributed by atoms with van der Waals surface area (Å²) >= 11 is 1.35. The summed E-state index contributed by atoms with van der Waals surface area (Å²) in [5.41, 5.74) is 7.39. The molecule has 1 saturated heterocycles. The van der Waals surface area contributed by atoms with Gasteiger partial charge in [-0.15, -0.1) is 36.2 Å². The summed E-state index contributed by atoms with van der Waals surface area (Å²) in [5, 5.41) is 5.20. The molecular formula is C15H20Cl2N4O3S2. The van der Waals surface area contributed by atoms with E-state index in [2.05, 4.69) is 10.3 Å². The third-order valence-electron chi connectivity index (χ3n) is 3.77. The quantitative estimate of drug-likeness (QED) is 0.755. The minimum absolute atomic E-state index is 0. The fourth-order valence-corrected chi connectivity index (χ4v) is 4.31. The maximum absolute atomic E-state index is 12.2. The van der Waals surface area contributed by atoms with Gasteiger partial charge >= 0.3 is 0 Å². The van der Waals surface area contributed by atoms with Gasteiger partial charge in [-0.1, -0.05) is 6.07 Å². The predicted octanol–water partition coefficient (Wildman–Crippen LogP) is 1.93. The average molecular weight is 439 g/mol. The molecule has 0 atom stereocenters. The Bertz CT molecular complexity index is 844. The van der Waals surface area contributed by atoms with Gasteiger partial charge in [0, 0.05) is 36.4 Å². The maximum atomic E-state index is 12.2. The zero-order valence-electron chi connectivity index (χ0n) is 13.8. The largest absolute Gasteiger partial charge is 0.369 e. The van der Waals surface area contributed by atoms with Crippen LogP contribution in [0, 0.1) is 0 Å². The number of halogens is 2. The SMILES string of the molecule is Cl.Cl.NCc1nc(C(=O)Nc2cccc(N3CCS(=O)(=O)CC3)c2)cs1. The highest BCUT2D eigenvalue weighted by Gasteiger charge is 2.22. The summed E-state index contributed by atoms with van der Waals surface area (Å²) in [7, 11) is -2.92. The Labute approximate surface area is 168 Å². The molecule has 1 amide bonds. The second-order valence-corrected chi connectivity index (χ2v) is 8.72. The summed E-state index contributed by atoms with van der Waals surface area (Å²) in [6.45, 7) is 1.24. The summed E-state index contributed by atoms with van der Waals surface area (Å²) in [5.74, 6) is 0.0264. The first-order valence-electron chi connectivity index (χ1n) is 7.48. The standard InChI is InChI=1S/C15H18N4O3S2.2ClH/c16-9-14-18-13(10-23-14)15(20)17-11-2-1-3-12(8-11)19-4-6-24(21,22)7-5-19;;/h1-3,8,10H,4-7,9,16H2,(H,17,20);2*1H. The number of amides is 1. The van der Waals surface area contributed by atoms with E-state index in [0.717, 1.165) is 5.69 Å². The Morgan fingerprint density at radius 3 is 2.58 bits per heavy atom. The molecule has 0 spiro atoms. The highest BCUT2D eigenvalue weighted by Crippen LogP contribution is 2.22. The van der Waals surface area contributed by atoms with Crippen LogP contribution in [0.1, 0.15) is 15.5 Å². The van der Waals surface area contributed by atoms with Crippen molar-refractivity contribution in [3.8, 4) is 0 Å². The van der Waals surface area contributed by atoms with Crippen molar-refractivity contribution < 1.29 is 13.2 Å². The van der Waals surface area contributed by atoms with Gasteiger partial charge in [0.15, 0.2) is 9.84 Å². The third kappa shape index (κ3) is 5.55. The summed E-state index contributed by atoms with van der Waals surface area (Å²) in [6, 6.07) is 7.37. The fourth-order valence-electron chi connectivity index (χ4n) is 2.46. The van der Waals surface area contributed by atoms with Crippen LogP contribution < -0.4 is 16.0 Å². The van der Waals surface area contributed by atoms with Gasteiger partial charge in [0.05, 0.1) is 11.5 Å². The molecule has 11 heteroatoms. The molecule has 3 N–H and O–H groups in total. The van der Waals surface area contributed by atoms with Crippen LogP contribution in [-0.2, 0) is 16.4 Å². The smallest absolute Gasteiger partial charge is 0.275 e. The van der Waals surface area contributed by atoms with Crippen LogP contribution in [0.4, 0.5) is 11.4 Å². The van der Waals surface area contributed by atoms with Crippen LogP contribution in [0.25, 0.3) is 0 Å². The highest BCUT2D eigenvalue weighted by molar-refractivity contribution is 7.91. The molecule has 1 aliphatic heterocycles. The minimum Gasteiger partial charge on any atom is -0.369 e. The second kappa shape index (κ2) is 9.52. The van der Waals surface area contributed by atoms with Crippen molar-refractivity contribution in [3.63, 3.8) is 0 Å². The molecule has 7 nitrogen and oxygen atoms in total. The van der Waals surface area contributed by atoms with E-state index in [1.165, 1.54) is 11.3 Å². The molecule has 0 bridgehead atoms. The molecule has 1 fully saturated rings. The van der Waals surface area contributed by atoms with E-state index < -0.39 is 9.84 Å². The van der Waals surface area contributed by atoms with Gasteiger partial charge in [-0.05, 0) is 18.2 Å². The molecule has 0 unspecified atom stereocenters. The Morgan fingerprint density at radius 1 is 1.27 bits per heavy atom. The molecule has 0 radical (unpaired) electrons. The van der Waals surface area contributed by atoms with Crippen LogP contribution in [0.2, 0.25) is 0 Å². The highest BCUT2D eigenvalue weighted by atomic mass is 35.5. The van der Waals surface area contributed by atoms with Crippen molar-refractivity contribution in [2.75, 3.05) is 34.8 Å². The number of benzene rings is 1. The van der Waals surface area contributed by atoms with Crippen LogP contribution in [0.5, 0.6) is 0 Å². The first-order chi connectivity index (χ1) is 11.5. The van der Waals surface area contributed by atoms with E-state index in [9.17, 15) is 13.2 Å². The number of sulfone groups is 1. The van der Waals surface area contributed by atoms with Gasteiger partial charge in [-0.2, -0.15) is 0 Å². The zero-order valence-corrected chi connectivity index (χ0v) is 17.0. The van der Waals surface area contributed by atoms with E-state index in [-0.39, 0.29) is 42.2 Å². The van der Waals surface area contributed by atoms with Gasteiger partial charge in [0.2, 0.25) is 0 Å². The van der Waals surface area contributed by atoms with E-state index in [1.807, 2.05) is 23.1 Å². The van der Waals surface area contributed by atoms with Crippen molar-refractivity contribution in [2.45, 2.75) is 6.54 Å². The Morgan fingerprint density at radius 2 is 1.96 bits per heavy atom. The Kier molecular flexibility index (Phi) is 8.29. The van der Waals surface area contributed by atoms with E-state index in [1.54, 1.807) is 11.4 Å². The minimum atomic E-state index is -2.92. The summed E-state index contributed by atoms with van der Waals surface area (Å²) < 4.78 is 23.0. The van der Waals surface area contributed by atoms with Gasteiger partial charge in [0.25, 0.3) is 5.91 Å². The number of nitrogens with two attached hydrogens (primary N) is 1. The van der Waals surface area contributed by atoms with Gasteiger partial charge < -0.3 is 16.0 Å². The van der Waals surface area contributed by atoms with Crippen LogP contribution in [-0.4, -0.2) is 43.9 Å². The van der Waals surface area contributed by atoms with Crippen molar-refractivity contribution in [1.82, 2.24) is 4.98 Å². The average Bonchev–Trinajstić information content (AvgIpc) is 3.04. The second-order valence-electron chi connectivity index (χ2n) is 5.47. The molecule has 2 aromatic rings. The van der Waals surface area contributed by atoms with Crippen molar-refractivity contribution >= 4 is 63.3 Å². The van der Waals surface area contributed by atoms with Crippen molar-refractivity contribution in [1.29, 1.82) is 0 Å². The molecule has 0 aliphatic carbocycles. The molecule has 0 saturated carbocycles. The topological polar surface area (TPSA) is 105 Å². The number of hydrogen-bond donors (Lipinski definition) is 2. The number of carbonyl (C=O) groups is 1. The number of aromatic nitrogens is 1. The number of nitrogens with one attached hydrogen (secondary N) is 1. The Balaban J connectivity index is 0.00000169. The lowest BCUT2D eigenvalue weighted by Crippen LogP contribution is -2.40. The number of anilines is 2.